The summed E-state index contributed by atoms with van der Waals surface area (Å²) < 4.78 is 0.212. The lowest BCUT2D eigenvalue weighted by Crippen LogP contribution is -2.38. The normalized spacial score (nSPS) is 11.1. The van der Waals surface area contributed by atoms with Gasteiger partial charge in [-0.1, -0.05) is 0 Å². The number of rotatable bonds is 3. The van der Waals surface area contributed by atoms with Gasteiger partial charge in [0.25, 0.3) is 0 Å². The minimum absolute atomic E-state index is 0.212. The van der Waals surface area contributed by atoms with E-state index in [2.05, 4.69) is 37.6 Å². The minimum Gasteiger partial charge on any atom is -0.376 e. The van der Waals surface area contributed by atoms with Crippen LogP contribution in [0.2, 0.25) is 0 Å². The van der Waals surface area contributed by atoms with E-state index >= 15 is 0 Å². The van der Waals surface area contributed by atoms with Gasteiger partial charge in [0.1, 0.15) is 0 Å². The second kappa shape index (κ2) is 4.03. The zero-order chi connectivity index (χ0) is 8.20. The van der Waals surface area contributed by atoms with Crippen LogP contribution in [0.1, 0.15) is 13.8 Å². The molecule has 0 heterocycles. The van der Waals surface area contributed by atoms with Crippen LogP contribution in [0, 0.1) is 0 Å². The molecule has 4 heteroatoms. The zero-order valence-electron chi connectivity index (χ0n) is 6.60. The number of hydrogen-bond acceptors (Lipinski definition) is 2. The van der Waals surface area contributed by atoms with Crippen LogP contribution in [0.3, 0.4) is 0 Å². The Bertz CT molecular complexity index is 123. The molecule has 10 heavy (non-hydrogen) atoms. The molecule has 0 radical (unpaired) electrons. The van der Waals surface area contributed by atoms with Gasteiger partial charge < -0.3 is 11.1 Å². The van der Waals surface area contributed by atoms with Crippen molar-refractivity contribution in [3.05, 3.63) is 0 Å². The van der Waals surface area contributed by atoms with Gasteiger partial charge in [0.05, 0.1) is 0 Å². The van der Waals surface area contributed by atoms with Gasteiger partial charge in [0, 0.05) is 11.3 Å². The van der Waals surface area contributed by atoms with E-state index in [-0.39, 0.29) is 4.75 Å². The van der Waals surface area contributed by atoms with Crippen molar-refractivity contribution >= 4 is 29.1 Å². The highest BCUT2D eigenvalue weighted by atomic mass is 32.2. The van der Waals surface area contributed by atoms with Gasteiger partial charge in [0.15, 0.2) is 5.11 Å². The quantitative estimate of drug-likeness (QED) is 0.631. The van der Waals surface area contributed by atoms with Gasteiger partial charge in [-0.3, -0.25) is 0 Å². The minimum atomic E-state index is 0.212. The number of thiocarbonyl (C=S) groups is 1. The van der Waals surface area contributed by atoms with Crippen molar-refractivity contribution in [1.82, 2.24) is 5.32 Å². The molecule has 3 N–H and O–H groups in total. The van der Waals surface area contributed by atoms with E-state index in [1.54, 1.807) is 11.8 Å². The van der Waals surface area contributed by atoms with E-state index < -0.39 is 0 Å². The zero-order valence-corrected chi connectivity index (χ0v) is 8.23. The molecule has 60 valence electrons. The van der Waals surface area contributed by atoms with Gasteiger partial charge in [-0.15, -0.1) is 0 Å². The second-order valence-corrected chi connectivity index (χ2v) is 4.63. The average molecular weight is 178 g/mol. The molecule has 0 aromatic heterocycles. The SMILES string of the molecule is CSC(C)(C)CNC(N)=S. The fourth-order valence-corrected chi connectivity index (χ4v) is 0.661. The Morgan fingerprint density at radius 3 is 2.50 bits per heavy atom. The molecule has 0 unspecified atom stereocenters. The molecule has 2 nitrogen and oxygen atoms in total. The third-order valence-electron chi connectivity index (χ3n) is 1.24. The maximum Gasteiger partial charge on any atom is 0.163 e. The van der Waals surface area contributed by atoms with Crippen LogP contribution >= 0.6 is 24.0 Å². The van der Waals surface area contributed by atoms with Crippen LogP contribution in [0.25, 0.3) is 0 Å². The van der Waals surface area contributed by atoms with Gasteiger partial charge in [-0.05, 0) is 32.3 Å². The van der Waals surface area contributed by atoms with Crippen molar-refractivity contribution in [3.63, 3.8) is 0 Å². The van der Waals surface area contributed by atoms with Crippen molar-refractivity contribution in [3.8, 4) is 0 Å². The van der Waals surface area contributed by atoms with Gasteiger partial charge in [-0.25, -0.2) is 0 Å². The first-order chi connectivity index (χ1) is 4.48. The van der Waals surface area contributed by atoms with Crippen molar-refractivity contribution < 1.29 is 0 Å². The summed E-state index contributed by atoms with van der Waals surface area (Å²) in [5, 5.41) is 3.30. The van der Waals surface area contributed by atoms with Crippen molar-refractivity contribution in [2.45, 2.75) is 18.6 Å². The van der Waals surface area contributed by atoms with Crippen LogP contribution in [0.15, 0.2) is 0 Å². The van der Waals surface area contributed by atoms with Crippen LogP contribution in [-0.2, 0) is 0 Å². The Morgan fingerprint density at radius 2 is 2.20 bits per heavy atom. The van der Waals surface area contributed by atoms with Gasteiger partial charge in [0.2, 0.25) is 0 Å². The molecule has 0 bridgehead atoms. The predicted octanol–water partition coefficient (Wildman–Crippen LogP) is 0.961. The molecule has 0 saturated carbocycles. The monoisotopic (exact) mass is 178 g/mol. The van der Waals surface area contributed by atoms with E-state index in [4.69, 9.17) is 5.73 Å². The van der Waals surface area contributed by atoms with E-state index in [1.165, 1.54) is 0 Å². The maximum absolute atomic E-state index is 5.27. The van der Waals surface area contributed by atoms with Crippen molar-refractivity contribution in [1.29, 1.82) is 0 Å². The first-order valence-electron chi connectivity index (χ1n) is 3.06. The maximum atomic E-state index is 5.27. The van der Waals surface area contributed by atoms with Crippen molar-refractivity contribution in [2.75, 3.05) is 12.8 Å². The molecular weight excluding hydrogens is 164 g/mol. The van der Waals surface area contributed by atoms with E-state index in [1.807, 2.05) is 0 Å². The van der Waals surface area contributed by atoms with Gasteiger partial charge >= 0.3 is 0 Å². The number of thioether (sulfide) groups is 1. The summed E-state index contributed by atoms with van der Waals surface area (Å²) in [6.07, 6.45) is 2.07. The summed E-state index contributed by atoms with van der Waals surface area (Å²) in [5.41, 5.74) is 5.27. The van der Waals surface area contributed by atoms with E-state index in [9.17, 15) is 0 Å². The second-order valence-electron chi connectivity index (χ2n) is 2.68. The van der Waals surface area contributed by atoms with E-state index in [0.29, 0.717) is 5.11 Å². The summed E-state index contributed by atoms with van der Waals surface area (Å²) in [6.45, 7) is 5.11. The number of nitrogens with one attached hydrogen (secondary N) is 1. The smallest absolute Gasteiger partial charge is 0.163 e. The first kappa shape index (κ1) is 10.0. The Balaban J connectivity index is 3.56. The van der Waals surface area contributed by atoms with Crippen molar-refractivity contribution in [2.24, 2.45) is 5.73 Å². The fraction of sp³-hybridized carbons (Fsp3) is 0.833. The Hall–Kier alpha value is 0.0400. The van der Waals surface area contributed by atoms with Crippen LogP contribution in [-0.4, -0.2) is 22.7 Å². The molecule has 0 aromatic carbocycles. The summed E-state index contributed by atoms with van der Waals surface area (Å²) in [5.74, 6) is 0. The molecule has 0 atom stereocenters. The lowest BCUT2D eigenvalue weighted by atomic mass is 10.2. The predicted molar refractivity (Wildman–Crippen MR) is 52.4 cm³/mol. The van der Waals surface area contributed by atoms with E-state index in [0.717, 1.165) is 6.54 Å². The Kier molecular flexibility index (Phi) is 4.05. The molecule has 0 fully saturated rings. The van der Waals surface area contributed by atoms with Crippen LogP contribution in [0.5, 0.6) is 0 Å². The first-order valence-corrected chi connectivity index (χ1v) is 4.70. The molecule has 0 aliphatic carbocycles. The molecule has 0 spiro atoms. The van der Waals surface area contributed by atoms with Crippen LogP contribution < -0.4 is 11.1 Å². The molecular formula is C6H14N2S2. The Morgan fingerprint density at radius 1 is 1.70 bits per heavy atom. The highest BCUT2D eigenvalue weighted by Gasteiger charge is 2.14. The summed E-state index contributed by atoms with van der Waals surface area (Å²) in [7, 11) is 0. The average Bonchev–Trinajstić information content (AvgIpc) is 1.85. The number of hydrogen-bond donors (Lipinski definition) is 2. The topological polar surface area (TPSA) is 38.0 Å². The standard InChI is InChI=1S/C6H14N2S2/c1-6(2,10-3)4-8-5(7)9/h4H2,1-3H3,(H3,7,8,9). The summed E-state index contributed by atoms with van der Waals surface area (Å²) in [4.78, 5) is 0. The third-order valence-corrected chi connectivity index (χ3v) is 2.63. The Labute approximate surface area is 71.9 Å². The molecule has 0 saturated heterocycles. The number of nitrogens with two attached hydrogens (primary N) is 1. The highest BCUT2D eigenvalue weighted by Crippen LogP contribution is 2.19. The van der Waals surface area contributed by atoms with Gasteiger partial charge in [-0.2, -0.15) is 11.8 Å². The molecule has 0 aliphatic rings. The largest absolute Gasteiger partial charge is 0.376 e. The molecule has 0 aliphatic heterocycles. The lowest BCUT2D eigenvalue weighted by molar-refractivity contribution is 0.681. The molecule has 0 aromatic rings. The van der Waals surface area contributed by atoms with Crippen LogP contribution in [0.4, 0.5) is 0 Å². The fourth-order valence-electron chi connectivity index (χ4n) is 0.372. The summed E-state index contributed by atoms with van der Waals surface area (Å²) >= 11 is 6.46. The molecule has 0 rings (SSSR count). The summed E-state index contributed by atoms with van der Waals surface area (Å²) in [6, 6.07) is 0. The lowest BCUT2D eigenvalue weighted by Gasteiger charge is -2.21. The highest BCUT2D eigenvalue weighted by molar-refractivity contribution is 7.99. The molecule has 0 amide bonds. The third kappa shape index (κ3) is 4.88.